The Morgan fingerprint density at radius 1 is 0.366 bits per heavy atom. The van der Waals surface area contributed by atoms with Crippen LogP contribution in [-0.2, 0) is 14.1 Å². The Bertz CT molecular complexity index is 604. The van der Waals surface area contributed by atoms with E-state index in [0.29, 0.717) is 0 Å². The second-order valence-electron chi connectivity index (χ2n) is 13.5. The van der Waals surface area contributed by atoms with Crippen molar-refractivity contribution in [2.24, 2.45) is 0 Å². The average molecular weight is 621 g/mol. The van der Waals surface area contributed by atoms with Crippen LogP contribution in [0.15, 0.2) is 0 Å². The summed E-state index contributed by atoms with van der Waals surface area (Å²) in [5.41, 5.74) is 0. The Labute approximate surface area is 260 Å². The first-order chi connectivity index (χ1) is 19.8. The zero-order valence-corrected chi connectivity index (χ0v) is 30.7. The van der Waals surface area contributed by atoms with Gasteiger partial charge in [-0.1, -0.05) is 13.3 Å². The van der Waals surface area contributed by atoms with Gasteiger partial charge in [-0.2, -0.15) is 0 Å². The van der Waals surface area contributed by atoms with Gasteiger partial charge < -0.3 is 0 Å². The van der Waals surface area contributed by atoms with Gasteiger partial charge in [-0.25, -0.2) is 0 Å². The molecule has 0 bridgehead atoms. The number of hydrogen-bond acceptors (Lipinski definition) is 3. The molecule has 250 valence electrons. The van der Waals surface area contributed by atoms with E-state index in [9.17, 15) is 8.42 Å². The molecule has 0 aliphatic heterocycles. The number of hydrogen-bond donors (Lipinski definition) is 0. The molecule has 5 heteroatoms. The Morgan fingerprint density at radius 2 is 0.610 bits per heavy atom. The van der Waals surface area contributed by atoms with Crippen molar-refractivity contribution in [1.82, 2.24) is 0 Å². The van der Waals surface area contributed by atoms with Gasteiger partial charge in [0.25, 0.3) is 0 Å². The molecule has 41 heavy (non-hydrogen) atoms. The molecule has 0 aromatic carbocycles. The first-order valence-electron chi connectivity index (χ1n) is 18.8. The van der Waals surface area contributed by atoms with Crippen LogP contribution in [0.4, 0.5) is 0 Å². The van der Waals surface area contributed by atoms with E-state index in [1.165, 1.54) is 122 Å². The Balaban J connectivity index is 5.65. The van der Waals surface area contributed by atoms with Gasteiger partial charge in [0.15, 0.2) is 0 Å². The maximum atomic E-state index is 13.9. The Morgan fingerprint density at radius 3 is 0.902 bits per heavy atom. The average Bonchev–Trinajstić information content (AvgIpc) is 2.95. The first-order valence-corrected chi connectivity index (χ1v) is 23.2. The number of unbranched alkanes of at least 4 members (excludes halogenated alkanes) is 21. The third kappa shape index (κ3) is 21.6. The van der Waals surface area contributed by atoms with Gasteiger partial charge in [0, 0.05) is 0 Å². The predicted octanol–water partition coefficient (Wildman–Crippen LogP) is 13.0. The van der Waals surface area contributed by atoms with Crippen molar-refractivity contribution in [1.29, 1.82) is 0 Å². The van der Waals surface area contributed by atoms with Crippen molar-refractivity contribution in [2.75, 3.05) is 30.4 Å². The third-order valence-electron chi connectivity index (χ3n) is 9.38. The van der Waals surface area contributed by atoms with E-state index in [1.807, 2.05) is 0 Å². The monoisotopic (exact) mass is 621 g/mol. The fraction of sp³-hybridized carbons (Fsp3) is 1.00. The zero-order chi connectivity index (χ0) is 30.6. The molecular formula is C36H77O3PS. The van der Waals surface area contributed by atoms with Gasteiger partial charge >= 0.3 is 248 Å². The van der Waals surface area contributed by atoms with Gasteiger partial charge in [0.1, 0.15) is 0 Å². The van der Waals surface area contributed by atoms with E-state index >= 15 is 0 Å². The van der Waals surface area contributed by atoms with Crippen LogP contribution in [0.1, 0.15) is 202 Å². The molecule has 0 aliphatic carbocycles. The molecule has 0 saturated heterocycles. The summed E-state index contributed by atoms with van der Waals surface area (Å²) in [7, 11) is -3.52. The summed E-state index contributed by atoms with van der Waals surface area (Å²) in [6.45, 7) is 8.48. The molecule has 0 unspecified atom stereocenters. The molecule has 0 atom stereocenters. The van der Waals surface area contributed by atoms with Crippen LogP contribution in [0.3, 0.4) is 0 Å². The van der Waals surface area contributed by atoms with E-state index in [1.54, 1.807) is 0 Å². The number of rotatable bonds is 33. The summed E-state index contributed by atoms with van der Waals surface area (Å²) in [6.07, 6.45) is 35.7. The van der Waals surface area contributed by atoms with Gasteiger partial charge in [0.05, 0.1) is 0 Å². The summed E-state index contributed by atoms with van der Waals surface area (Å²) < 4.78 is 34.6. The van der Waals surface area contributed by atoms with Gasteiger partial charge in [-0.3, -0.25) is 0 Å². The van der Waals surface area contributed by atoms with E-state index in [0.717, 1.165) is 69.6 Å². The molecule has 0 aromatic heterocycles. The fourth-order valence-electron chi connectivity index (χ4n) is 6.70. The van der Waals surface area contributed by atoms with Crippen LogP contribution in [0.25, 0.3) is 0 Å². The zero-order valence-electron chi connectivity index (χ0n) is 29.0. The molecule has 0 aromatic rings. The molecule has 0 spiro atoms. The summed E-state index contributed by atoms with van der Waals surface area (Å²) in [6, 6.07) is 0. The van der Waals surface area contributed by atoms with Crippen molar-refractivity contribution in [3.63, 3.8) is 0 Å². The molecule has 0 N–H and O–H groups in total. The summed E-state index contributed by atoms with van der Waals surface area (Å²) in [5.74, 6) is 0.231. The van der Waals surface area contributed by atoms with Crippen LogP contribution < -0.4 is 0 Å². The topological polar surface area (TPSA) is 43.4 Å². The van der Waals surface area contributed by atoms with E-state index < -0.39 is 16.9 Å². The van der Waals surface area contributed by atoms with Crippen molar-refractivity contribution in [2.45, 2.75) is 202 Å². The van der Waals surface area contributed by atoms with Crippen LogP contribution >= 0.6 is 6.83 Å². The molecule has 0 aliphatic rings. The van der Waals surface area contributed by atoms with Crippen LogP contribution in [0, 0.1) is 0 Å². The summed E-state index contributed by atoms with van der Waals surface area (Å²) in [5, 5.41) is 0. The minimum absolute atomic E-state index is 0.231. The van der Waals surface area contributed by atoms with Crippen molar-refractivity contribution in [3.8, 4) is 0 Å². The molecule has 0 heterocycles. The van der Waals surface area contributed by atoms with Gasteiger partial charge in [-0.15, -0.1) is 0 Å². The molecule has 0 saturated carbocycles. The standard InChI is InChI=1S/C36H77O3PS/c1-6-11-16-21-22-23-24-25-26-31-36-41(37,38)39-40(32-27-17-12-7-2,33-28-18-13-8-3,34-29-19-14-9-4)35-30-20-15-10-5/h6-36H2,1-5H3. The van der Waals surface area contributed by atoms with Crippen molar-refractivity contribution >= 4 is 16.9 Å². The summed E-state index contributed by atoms with van der Waals surface area (Å²) >= 11 is 0. The second-order valence-corrected chi connectivity index (χ2v) is 21.1. The maximum absolute atomic E-state index is 13.9. The van der Waals surface area contributed by atoms with Gasteiger partial charge in [0.2, 0.25) is 0 Å². The molecule has 0 fully saturated rings. The quantitative estimate of drug-likeness (QED) is 0.0541. The molecule has 0 rings (SSSR count). The van der Waals surface area contributed by atoms with Crippen LogP contribution in [0.2, 0.25) is 0 Å². The Hall–Kier alpha value is 0.340. The first kappa shape index (κ1) is 41.3. The summed E-state index contributed by atoms with van der Waals surface area (Å²) in [4.78, 5) is 0. The fourth-order valence-corrected chi connectivity index (χ4v) is 16.8. The van der Waals surface area contributed by atoms with E-state index in [2.05, 4.69) is 34.6 Å². The molecular weight excluding hydrogens is 543 g/mol. The molecule has 0 radical (unpaired) electrons. The SMILES string of the molecule is CCCCCCCCCCCCS(=O)(=O)OP(CCCCCC)(CCCCCC)(CCCCCC)CCCCCC. The van der Waals surface area contributed by atoms with E-state index in [-0.39, 0.29) is 5.75 Å². The predicted molar refractivity (Wildman–Crippen MR) is 190 cm³/mol. The van der Waals surface area contributed by atoms with Crippen molar-refractivity contribution in [3.05, 3.63) is 0 Å². The second kappa shape index (κ2) is 26.7. The third-order valence-corrected chi connectivity index (χ3v) is 18.6. The Kier molecular flexibility index (Phi) is 26.9. The van der Waals surface area contributed by atoms with Crippen LogP contribution in [-0.4, -0.2) is 38.8 Å². The minimum atomic E-state index is -3.52. The molecule has 3 nitrogen and oxygen atoms in total. The van der Waals surface area contributed by atoms with E-state index in [4.69, 9.17) is 3.97 Å². The normalized spacial score (nSPS) is 13.4. The van der Waals surface area contributed by atoms with Crippen molar-refractivity contribution < 1.29 is 12.4 Å². The van der Waals surface area contributed by atoms with Gasteiger partial charge in [-0.05, 0) is 0 Å². The van der Waals surface area contributed by atoms with Crippen LogP contribution in [0.5, 0.6) is 0 Å². The molecule has 0 amide bonds.